The summed E-state index contributed by atoms with van der Waals surface area (Å²) >= 11 is 0. The lowest BCUT2D eigenvalue weighted by atomic mass is 10.1. The first-order valence-corrected chi connectivity index (χ1v) is 11.8. The first kappa shape index (κ1) is 31.3. The van der Waals surface area contributed by atoms with E-state index >= 15 is 0 Å². The van der Waals surface area contributed by atoms with E-state index in [0.717, 1.165) is 0 Å². The topological polar surface area (TPSA) is 249 Å². The van der Waals surface area contributed by atoms with Crippen molar-refractivity contribution in [1.82, 2.24) is 26.3 Å². The molecule has 15 nitrogen and oxygen atoms in total. The molecule has 1 fully saturated rings. The molecule has 15 heteroatoms. The van der Waals surface area contributed by atoms with Crippen molar-refractivity contribution in [2.45, 2.75) is 75.3 Å². The summed E-state index contributed by atoms with van der Waals surface area (Å²) in [6, 6.07) is -5.67. The molecule has 1 unspecified atom stereocenters. The Morgan fingerprint density at radius 3 is 2.53 bits per heavy atom. The number of aliphatic hydroxyl groups excluding tert-OH is 3. The van der Waals surface area contributed by atoms with E-state index in [2.05, 4.69) is 21.3 Å². The number of carbonyl (C=O) groups is 5. The summed E-state index contributed by atoms with van der Waals surface area (Å²) in [5.41, 5.74) is 5.52. The van der Waals surface area contributed by atoms with Crippen LogP contribution in [0.2, 0.25) is 0 Å². The van der Waals surface area contributed by atoms with Crippen LogP contribution in [0.5, 0.6) is 0 Å². The Morgan fingerprint density at radius 1 is 1.25 bits per heavy atom. The van der Waals surface area contributed by atoms with Gasteiger partial charge >= 0.3 is 0 Å². The summed E-state index contributed by atoms with van der Waals surface area (Å²) in [6.07, 6.45) is 0.450. The molecule has 0 aromatic rings. The van der Waals surface area contributed by atoms with Crippen LogP contribution in [-0.4, -0.2) is 113 Å². The second-order valence-electron chi connectivity index (χ2n) is 8.68. The number of hydrogen-bond acceptors (Lipinski definition) is 11. The fourth-order valence-corrected chi connectivity index (χ4v) is 3.51. The molecule has 0 aliphatic carbocycles. The van der Waals surface area contributed by atoms with Crippen LogP contribution >= 0.6 is 0 Å². The van der Waals surface area contributed by atoms with E-state index in [1.54, 1.807) is 0 Å². The number of aldehydes is 1. The van der Waals surface area contributed by atoms with Crippen molar-refractivity contribution in [2.75, 3.05) is 26.3 Å². The summed E-state index contributed by atoms with van der Waals surface area (Å²) in [5.74, 6) is 3.26. The fourth-order valence-electron chi connectivity index (χ4n) is 3.51. The quantitative estimate of drug-likeness (QED) is 0.0915. The average molecular weight is 518 g/mol. The zero-order valence-electron chi connectivity index (χ0n) is 20.4. The molecular formula is C21H39N7O8. The van der Waals surface area contributed by atoms with Crippen LogP contribution in [0.15, 0.2) is 0 Å². The third kappa shape index (κ3) is 10.1. The highest BCUT2D eigenvalue weighted by Crippen LogP contribution is 2.08. The summed E-state index contributed by atoms with van der Waals surface area (Å²) < 4.78 is 0. The third-order valence-corrected chi connectivity index (χ3v) is 5.81. The number of hydrogen-bond donors (Lipinski definition) is 9. The largest absolute Gasteiger partial charge is 0.394 e. The van der Waals surface area contributed by atoms with Gasteiger partial charge in [-0.25, -0.2) is 5.84 Å². The van der Waals surface area contributed by atoms with Crippen molar-refractivity contribution in [3.63, 3.8) is 0 Å². The molecule has 1 aliphatic heterocycles. The van der Waals surface area contributed by atoms with Crippen LogP contribution in [-0.2, 0) is 24.0 Å². The minimum atomic E-state index is -1.31. The highest BCUT2D eigenvalue weighted by atomic mass is 16.3. The summed E-state index contributed by atoms with van der Waals surface area (Å²) in [6.45, 7) is 0.0977. The lowest BCUT2D eigenvalue weighted by Gasteiger charge is -2.34. The van der Waals surface area contributed by atoms with E-state index in [1.807, 2.05) is 0 Å². The number of amides is 4. The van der Waals surface area contributed by atoms with Gasteiger partial charge in [-0.1, -0.05) is 0 Å². The molecule has 36 heavy (non-hydrogen) atoms. The predicted molar refractivity (Wildman–Crippen MR) is 126 cm³/mol. The standard InChI is InChI=1S/C21H39N7O8/c1-12(32)17-8-25-16(11-31)20(35)26-13(9-29)4-2-3-7-24-18(33)6-5-15(21(36)28(17)23)27-19(34)14(22)10-30/h9,12-17,25,30-32H,2-8,10-11,22-23H2,1H3,(H,24,33)(H,26,35)(H,27,34)/t12?,13-,14-,15-,16-,17+/m0/s1. The lowest BCUT2D eigenvalue weighted by Crippen LogP contribution is -2.62. The van der Waals surface area contributed by atoms with Gasteiger partial charge in [-0.3, -0.25) is 24.2 Å². The van der Waals surface area contributed by atoms with Gasteiger partial charge in [-0.2, -0.15) is 0 Å². The number of carbonyl (C=O) groups excluding carboxylic acids is 5. The monoisotopic (exact) mass is 517 g/mol. The number of nitrogens with zero attached hydrogens (tertiary/aromatic N) is 1. The Hall–Kier alpha value is -2.69. The molecule has 6 atom stereocenters. The van der Waals surface area contributed by atoms with Crippen LogP contribution in [0.25, 0.3) is 0 Å². The van der Waals surface area contributed by atoms with Crippen molar-refractivity contribution in [3.8, 4) is 0 Å². The highest BCUT2D eigenvalue weighted by molar-refractivity contribution is 5.90. The zero-order chi connectivity index (χ0) is 27.3. The van der Waals surface area contributed by atoms with Crippen molar-refractivity contribution in [2.24, 2.45) is 11.6 Å². The molecule has 1 aliphatic rings. The molecule has 0 bridgehead atoms. The van der Waals surface area contributed by atoms with E-state index in [-0.39, 0.29) is 25.9 Å². The molecule has 11 N–H and O–H groups in total. The molecule has 0 spiro atoms. The van der Waals surface area contributed by atoms with E-state index in [1.165, 1.54) is 6.92 Å². The number of nitrogens with two attached hydrogens (primary N) is 2. The van der Waals surface area contributed by atoms with Gasteiger partial charge in [-0.05, 0) is 32.6 Å². The Balaban J connectivity index is 3.17. The molecule has 0 saturated carbocycles. The van der Waals surface area contributed by atoms with Crippen molar-refractivity contribution in [1.29, 1.82) is 0 Å². The normalized spacial score (nSPS) is 27.6. The van der Waals surface area contributed by atoms with Crippen molar-refractivity contribution < 1.29 is 39.3 Å². The molecule has 0 radical (unpaired) electrons. The Kier molecular flexibility index (Phi) is 14.0. The Labute approximate surface area is 209 Å². The van der Waals surface area contributed by atoms with Gasteiger partial charge in [0.25, 0.3) is 5.91 Å². The number of aliphatic hydroxyl groups is 3. The van der Waals surface area contributed by atoms with E-state index in [0.29, 0.717) is 30.6 Å². The van der Waals surface area contributed by atoms with Crippen LogP contribution in [0.1, 0.15) is 39.0 Å². The predicted octanol–water partition coefficient (Wildman–Crippen LogP) is -5.04. The number of nitrogens with one attached hydrogen (secondary N) is 4. The van der Waals surface area contributed by atoms with Crippen LogP contribution < -0.4 is 32.8 Å². The van der Waals surface area contributed by atoms with Crippen molar-refractivity contribution >= 4 is 29.9 Å². The molecular weight excluding hydrogens is 478 g/mol. The van der Waals surface area contributed by atoms with Gasteiger partial charge in [0.15, 0.2) is 0 Å². The van der Waals surface area contributed by atoms with Gasteiger partial charge in [0.2, 0.25) is 17.7 Å². The number of hydrazine groups is 1. The van der Waals surface area contributed by atoms with Gasteiger partial charge in [0, 0.05) is 19.5 Å². The first-order valence-electron chi connectivity index (χ1n) is 11.8. The third-order valence-electron chi connectivity index (χ3n) is 5.81. The minimum absolute atomic E-state index is 0.142. The van der Waals surface area contributed by atoms with Gasteiger partial charge in [0.05, 0.1) is 31.4 Å². The van der Waals surface area contributed by atoms with E-state index in [4.69, 9.17) is 16.7 Å². The second-order valence-corrected chi connectivity index (χ2v) is 8.68. The maximum absolute atomic E-state index is 13.1. The molecule has 4 amide bonds. The lowest BCUT2D eigenvalue weighted by molar-refractivity contribution is -0.141. The molecule has 1 saturated heterocycles. The molecule has 206 valence electrons. The first-order chi connectivity index (χ1) is 17.0. The average Bonchev–Trinajstić information content (AvgIpc) is 2.85. The molecule has 1 rings (SSSR count). The smallest absolute Gasteiger partial charge is 0.259 e. The minimum Gasteiger partial charge on any atom is -0.394 e. The highest BCUT2D eigenvalue weighted by Gasteiger charge is 2.33. The van der Waals surface area contributed by atoms with Crippen LogP contribution in [0.3, 0.4) is 0 Å². The van der Waals surface area contributed by atoms with E-state index < -0.39 is 73.2 Å². The summed E-state index contributed by atoms with van der Waals surface area (Å²) in [4.78, 5) is 61.5. The summed E-state index contributed by atoms with van der Waals surface area (Å²) in [5, 5.41) is 40.0. The SMILES string of the molecule is CC(O)[C@H]1CN[C@@H](CO)C(=O)N[C@H](C=O)CCCCNC(=O)CC[C@H](NC(=O)[C@@H](N)CO)C(=O)N1N. The van der Waals surface area contributed by atoms with E-state index in [9.17, 15) is 34.2 Å². The van der Waals surface area contributed by atoms with Gasteiger partial charge < -0.3 is 47.1 Å². The van der Waals surface area contributed by atoms with Crippen LogP contribution in [0.4, 0.5) is 0 Å². The van der Waals surface area contributed by atoms with Gasteiger partial charge in [0.1, 0.15) is 24.4 Å². The molecule has 0 aromatic heterocycles. The van der Waals surface area contributed by atoms with Crippen molar-refractivity contribution in [3.05, 3.63) is 0 Å². The maximum Gasteiger partial charge on any atom is 0.259 e. The molecule has 1 heterocycles. The Bertz CT molecular complexity index is 754. The Morgan fingerprint density at radius 2 is 1.94 bits per heavy atom. The molecule has 0 aromatic carbocycles. The number of rotatable bonds is 6. The van der Waals surface area contributed by atoms with Crippen LogP contribution in [0, 0.1) is 0 Å². The van der Waals surface area contributed by atoms with Gasteiger partial charge in [-0.15, -0.1) is 0 Å². The zero-order valence-corrected chi connectivity index (χ0v) is 20.4. The fraction of sp³-hybridized carbons (Fsp3) is 0.762. The summed E-state index contributed by atoms with van der Waals surface area (Å²) in [7, 11) is 0. The second kappa shape index (κ2) is 16.1. The maximum atomic E-state index is 13.1.